The summed E-state index contributed by atoms with van der Waals surface area (Å²) in [6.07, 6.45) is 0. The predicted molar refractivity (Wildman–Crippen MR) is 333 cm³/mol. The molecule has 0 saturated heterocycles. The van der Waals surface area contributed by atoms with E-state index in [0.29, 0.717) is 17.7 Å². The van der Waals surface area contributed by atoms with E-state index in [1.807, 2.05) is 0 Å². The van der Waals surface area contributed by atoms with Crippen molar-refractivity contribution in [1.82, 2.24) is 33.2 Å². The molecule has 0 bridgehead atoms. The maximum Gasteiger partial charge on any atom is 0.240 e. The average Bonchev–Trinajstić information content (AvgIpc) is 4.08. The van der Waals surface area contributed by atoms with Crippen LogP contribution < -0.4 is 0 Å². The first-order chi connectivity index (χ1) is 39.7. The highest BCUT2D eigenvalue weighted by Crippen LogP contribution is 2.47. The zero-order chi connectivity index (χ0) is 52.2. The fourth-order valence-corrected chi connectivity index (χ4v) is 13.6. The van der Waals surface area contributed by atoms with Gasteiger partial charge in [0.1, 0.15) is 0 Å². The fraction of sp³-hybridized carbons (Fsp3) is 0. The van der Waals surface area contributed by atoms with Gasteiger partial charge in [-0.1, -0.05) is 237 Å². The molecule has 370 valence electrons. The molecule has 0 N–H and O–H groups in total. The Bertz CT molecular complexity index is 5320. The molecule has 0 unspecified atom stereocenters. The largest absolute Gasteiger partial charge is 0.307 e. The third-order valence-corrected chi connectivity index (χ3v) is 16.9. The van der Waals surface area contributed by atoms with Gasteiger partial charge in [0, 0.05) is 81.6 Å². The molecule has 0 aliphatic heterocycles. The van der Waals surface area contributed by atoms with E-state index in [2.05, 4.69) is 279 Å². The molecular formula is C73H43N7. The lowest BCUT2D eigenvalue weighted by molar-refractivity contribution is 0.895. The molecule has 5 aromatic heterocycles. The Labute approximate surface area is 456 Å². The van der Waals surface area contributed by atoms with Crippen LogP contribution in [0.2, 0.25) is 0 Å². The van der Waals surface area contributed by atoms with Gasteiger partial charge < -0.3 is 9.13 Å². The quantitative estimate of drug-likeness (QED) is 0.173. The molecule has 7 heteroatoms. The summed E-state index contributed by atoms with van der Waals surface area (Å²) in [6, 6.07) is 94.4. The summed E-state index contributed by atoms with van der Waals surface area (Å²) in [7, 11) is 0. The van der Waals surface area contributed by atoms with Gasteiger partial charge >= 0.3 is 0 Å². The minimum Gasteiger partial charge on any atom is -0.307 e. The first-order valence-electron chi connectivity index (χ1n) is 27.3. The summed E-state index contributed by atoms with van der Waals surface area (Å²) in [4.78, 5) is 17.4. The predicted octanol–water partition coefficient (Wildman–Crippen LogP) is 18.5. The SMILES string of the molecule is c1ccc(-c2nc(-n3c4c5ccccc5ccc4c4ccc5c6ccc7ccccc7c6n(-c6ccccc6)c5c43)nc(-n3c4c5ccccc5ccc4c4ccc5c6ccc7ccccc7c6n(-c6ccccc6)c5c43)n2)cc1. The number of hydrogen-bond donors (Lipinski definition) is 0. The van der Waals surface area contributed by atoms with Crippen LogP contribution in [0.15, 0.2) is 261 Å². The summed E-state index contributed by atoms with van der Waals surface area (Å²) in [5.41, 5.74) is 11.6. The Morgan fingerprint density at radius 2 is 0.450 bits per heavy atom. The van der Waals surface area contributed by atoms with Gasteiger partial charge in [-0.05, 0) is 45.8 Å². The van der Waals surface area contributed by atoms with E-state index < -0.39 is 0 Å². The monoisotopic (exact) mass is 1020 g/mol. The topological polar surface area (TPSA) is 58.4 Å². The van der Waals surface area contributed by atoms with Crippen molar-refractivity contribution in [3.63, 3.8) is 0 Å². The molecule has 0 aliphatic carbocycles. The van der Waals surface area contributed by atoms with E-state index in [-0.39, 0.29) is 0 Å². The molecular weight excluding hydrogens is 975 g/mol. The van der Waals surface area contributed by atoms with E-state index in [1.54, 1.807) is 0 Å². The van der Waals surface area contributed by atoms with Gasteiger partial charge in [-0.2, -0.15) is 15.0 Å². The molecule has 0 aliphatic rings. The molecule has 0 amide bonds. The van der Waals surface area contributed by atoms with Crippen LogP contribution in [0.4, 0.5) is 0 Å². The lowest BCUT2D eigenvalue weighted by Gasteiger charge is -2.16. The first kappa shape index (κ1) is 43.2. The molecule has 0 spiro atoms. The molecule has 0 atom stereocenters. The van der Waals surface area contributed by atoms with Crippen LogP contribution in [-0.2, 0) is 0 Å². The number of benzene rings is 13. The van der Waals surface area contributed by atoms with Crippen molar-refractivity contribution in [3.05, 3.63) is 261 Å². The normalized spacial score (nSPS) is 12.2. The van der Waals surface area contributed by atoms with Crippen LogP contribution in [0, 0.1) is 0 Å². The molecule has 0 radical (unpaired) electrons. The van der Waals surface area contributed by atoms with E-state index in [1.165, 1.54) is 32.3 Å². The lowest BCUT2D eigenvalue weighted by Crippen LogP contribution is -2.11. The standard InChI is InChI=1S/C73H43N7/c1-4-22-48(23-5-1)71-74-72(79-65-53-30-16-12-20-46(53)34-38-57(65)61-42-40-59-55-36-32-44-18-10-14-28-51(44)63(55)77(67(59)69(61)79)49-24-6-2-7-25-49)76-73(75-71)80-66-54-31-17-13-21-47(54)35-39-58(66)62-43-41-60-56-37-33-45-19-11-15-29-52(45)64(56)78(68(60)70(62)80)50-26-8-3-9-27-50/h1-43H. The van der Waals surface area contributed by atoms with E-state index >= 15 is 0 Å². The number of hydrogen-bond acceptors (Lipinski definition) is 3. The molecule has 0 fully saturated rings. The zero-order valence-electron chi connectivity index (χ0n) is 43.0. The van der Waals surface area contributed by atoms with Crippen LogP contribution in [0.25, 0.3) is 165 Å². The highest BCUT2D eigenvalue weighted by molar-refractivity contribution is 6.31. The number of rotatable bonds is 5. The summed E-state index contributed by atoms with van der Waals surface area (Å²) in [5.74, 6) is 1.61. The first-order valence-corrected chi connectivity index (χ1v) is 27.3. The van der Waals surface area contributed by atoms with Crippen LogP contribution in [-0.4, -0.2) is 33.2 Å². The highest BCUT2D eigenvalue weighted by Gasteiger charge is 2.29. The third-order valence-electron chi connectivity index (χ3n) is 16.9. The minimum atomic E-state index is 0.518. The number of aromatic nitrogens is 7. The Morgan fingerprint density at radius 1 is 0.188 bits per heavy atom. The van der Waals surface area contributed by atoms with Crippen molar-refractivity contribution >= 4 is 130 Å². The lowest BCUT2D eigenvalue weighted by atomic mass is 10.0. The van der Waals surface area contributed by atoms with Crippen LogP contribution >= 0.6 is 0 Å². The van der Waals surface area contributed by atoms with Crippen molar-refractivity contribution in [3.8, 4) is 34.7 Å². The fourth-order valence-electron chi connectivity index (χ4n) is 13.6. The van der Waals surface area contributed by atoms with E-state index in [4.69, 9.17) is 15.0 Å². The van der Waals surface area contributed by atoms with Gasteiger partial charge in [0.25, 0.3) is 0 Å². The summed E-state index contributed by atoms with van der Waals surface area (Å²) < 4.78 is 9.69. The maximum atomic E-state index is 5.97. The van der Waals surface area contributed by atoms with Crippen LogP contribution in [0.5, 0.6) is 0 Å². The molecule has 80 heavy (non-hydrogen) atoms. The molecule has 18 rings (SSSR count). The van der Waals surface area contributed by atoms with Crippen molar-refractivity contribution in [1.29, 1.82) is 0 Å². The molecule has 13 aromatic carbocycles. The Kier molecular flexibility index (Phi) is 8.82. The van der Waals surface area contributed by atoms with Crippen molar-refractivity contribution in [2.75, 3.05) is 0 Å². The van der Waals surface area contributed by atoms with Gasteiger partial charge in [0.2, 0.25) is 11.9 Å². The van der Waals surface area contributed by atoms with Gasteiger partial charge in [-0.25, -0.2) is 0 Å². The van der Waals surface area contributed by atoms with Crippen molar-refractivity contribution in [2.45, 2.75) is 0 Å². The van der Waals surface area contributed by atoms with Crippen molar-refractivity contribution in [2.24, 2.45) is 0 Å². The van der Waals surface area contributed by atoms with Gasteiger partial charge in [0.15, 0.2) is 5.82 Å². The van der Waals surface area contributed by atoms with Crippen molar-refractivity contribution < 1.29 is 0 Å². The van der Waals surface area contributed by atoms with Gasteiger partial charge in [-0.15, -0.1) is 0 Å². The maximum absolute atomic E-state index is 5.97. The number of fused-ring (bicyclic) bond motifs is 22. The van der Waals surface area contributed by atoms with Gasteiger partial charge in [-0.3, -0.25) is 9.13 Å². The Morgan fingerprint density at radius 3 is 0.800 bits per heavy atom. The summed E-state index contributed by atoms with van der Waals surface area (Å²) >= 11 is 0. The Balaban J connectivity index is 1.07. The Hall–Kier alpha value is -10.9. The number of para-hydroxylation sites is 2. The van der Waals surface area contributed by atoms with E-state index in [0.717, 1.165) is 115 Å². The summed E-state index contributed by atoms with van der Waals surface area (Å²) in [5, 5.41) is 18.3. The molecule has 7 nitrogen and oxygen atoms in total. The smallest absolute Gasteiger partial charge is 0.240 e. The van der Waals surface area contributed by atoms with Crippen LogP contribution in [0.3, 0.4) is 0 Å². The minimum absolute atomic E-state index is 0.518. The second-order valence-electron chi connectivity index (χ2n) is 21.1. The molecule has 0 saturated carbocycles. The van der Waals surface area contributed by atoms with Crippen LogP contribution in [0.1, 0.15) is 0 Å². The number of nitrogens with zero attached hydrogens (tertiary/aromatic N) is 7. The highest BCUT2D eigenvalue weighted by atomic mass is 15.3. The third kappa shape index (κ3) is 5.89. The van der Waals surface area contributed by atoms with E-state index in [9.17, 15) is 0 Å². The molecule has 5 heterocycles. The zero-order valence-corrected chi connectivity index (χ0v) is 43.0. The summed E-state index contributed by atoms with van der Waals surface area (Å²) in [6.45, 7) is 0. The second-order valence-corrected chi connectivity index (χ2v) is 21.1. The van der Waals surface area contributed by atoms with Gasteiger partial charge in [0.05, 0.1) is 44.1 Å². The second kappa shape index (κ2) is 16.3. The molecule has 18 aromatic rings. The average molecular weight is 1020 g/mol.